The number of rotatable bonds is 2. The number of halogens is 1. The number of hydrogen-bond donors (Lipinski definition) is 0. The van der Waals surface area contributed by atoms with Crippen LogP contribution in [0.2, 0.25) is 0 Å². The number of alkyl halides is 1. The van der Waals surface area contributed by atoms with Crippen molar-refractivity contribution in [3.05, 3.63) is 0 Å². The fraction of sp³-hybridized carbons (Fsp3) is 1.00. The quantitative estimate of drug-likeness (QED) is 0.649. The van der Waals surface area contributed by atoms with Crippen molar-refractivity contribution in [3.8, 4) is 0 Å². The van der Waals surface area contributed by atoms with Gasteiger partial charge in [0.2, 0.25) is 0 Å². The van der Waals surface area contributed by atoms with Gasteiger partial charge in [-0.25, -0.2) is 0 Å². The summed E-state index contributed by atoms with van der Waals surface area (Å²) in [5, 5.41) is 1.05. The van der Waals surface area contributed by atoms with Crippen LogP contribution in [0.15, 0.2) is 0 Å². The summed E-state index contributed by atoms with van der Waals surface area (Å²) in [6, 6.07) is 0. The summed E-state index contributed by atoms with van der Waals surface area (Å²) in [6.45, 7) is 0.988. The third-order valence-corrected chi connectivity index (χ3v) is 4.16. The molecule has 2 rings (SSSR count). The van der Waals surface area contributed by atoms with Gasteiger partial charge in [-0.15, -0.1) is 0 Å². The van der Waals surface area contributed by atoms with Gasteiger partial charge < -0.3 is 4.74 Å². The van der Waals surface area contributed by atoms with Crippen molar-refractivity contribution < 1.29 is 4.74 Å². The van der Waals surface area contributed by atoms with Crippen molar-refractivity contribution in [3.63, 3.8) is 0 Å². The van der Waals surface area contributed by atoms with Crippen LogP contribution in [0.5, 0.6) is 0 Å². The lowest BCUT2D eigenvalue weighted by atomic mass is 9.72. The molecule has 64 valence electrons. The molecule has 1 saturated heterocycles. The molecule has 1 unspecified atom stereocenters. The summed E-state index contributed by atoms with van der Waals surface area (Å²) in [5.74, 6) is 0.865. The van der Waals surface area contributed by atoms with E-state index in [1.165, 1.54) is 32.1 Å². The van der Waals surface area contributed by atoms with Gasteiger partial charge in [0.25, 0.3) is 0 Å². The molecule has 0 aromatic carbocycles. The lowest BCUT2D eigenvalue weighted by molar-refractivity contribution is -0.0510. The van der Waals surface area contributed by atoms with Gasteiger partial charge in [-0.3, -0.25) is 0 Å². The lowest BCUT2D eigenvalue weighted by Crippen LogP contribution is -2.42. The molecule has 2 fully saturated rings. The Bertz CT molecular complexity index is 136. The minimum absolute atomic E-state index is 0.248. The lowest BCUT2D eigenvalue weighted by Gasteiger charge is -2.40. The molecule has 1 saturated carbocycles. The Morgan fingerprint density at radius 2 is 2.18 bits per heavy atom. The molecule has 2 aliphatic rings. The Kier molecular flexibility index (Phi) is 2.24. The van der Waals surface area contributed by atoms with E-state index in [9.17, 15) is 0 Å². The first-order valence-corrected chi connectivity index (χ1v) is 5.69. The van der Waals surface area contributed by atoms with Crippen LogP contribution in [0.1, 0.15) is 32.1 Å². The zero-order valence-corrected chi connectivity index (χ0v) is 8.40. The molecule has 0 N–H and O–H groups in total. The molecular formula is C9H15BrO. The molecule has 0 amide bonds. The van der Waals surface area contributed by atoms with Gasteiger partial charge in [-0.05, 0) is 31.6 Å². The van der Waals surface area contributed by atoms with Gasteiger partial charge in [0.1, 0.15) is 0 Å². The molecule has 0 spiro atoms. The fourth-order valence-corrected chi connectivity index (χ4v) is 3.09. The maximum Gasteiger partial charge on any atom is 0.0807 e. The standard InChI is InChI=1S/C9H15BrO/c10-7-9(5-2-6-11-9)8-3-1-4-8/h8H,1-7H2. The normalized spacial score (nSPS) is 39.0. The van der Waals surface area contributed by atoms with E-state index >= 15 is 0 Å². The molecule has 0 aromatic rings. The Balaban J connectivity index is 2.02. The first-order valence-electron chi connectivity index (χ1n) is 4.57. The molecular weight excluding hydrogens is 204 g/mol. The fourth-order valence-electron chi connectivity index (χ4n) is 2.19. The van der Waals surface area contributed by atoms with E-state index in [1.54, 1.807) is 0 Å². The van der Waals surface area contributed by atoms with Gasteiger partial charge in [-0.1, -0.05) is 22.4 Å². The average Bonchev–Trinajstić information content (AvgIpc) is 2.34. The average molecular weight is 219 g/mol. The molecule has 1 heterocycles. The van der Waals surface area contributed by atoms with Crippen LogP contribution in [-0.4, -0.2) is 17.5 Å². The van der Waals surface area contributed by atoms with Crippen molar-refractivity contribution in [2.75, 3.05) is 11.9 Å². The van der Waals surface area contributed by atoms with Crippen molar-refractivity contribution in [2.24, 2.45) is 5.92 Å². The first-order chi connectivity index (χ1) is 5.37. The molecule has 0 aromatic heterocycles. The molecule has 0 bridgehead atoms. The zero-order chi connectivity index (χ0) is 7.73. The molecule has 1 aliphatic carbocycles. The van der Waals surface area contributed by atoms with E-state index in [1.807, 2.05) is 0 Å². The maximum absolute atomic E-state index is 5.85. The van der Waals surface area contributed by atoms with E-state index < -0.39 is 0 Å². The number of ether oxygens (including phenoxy) is 1. The Labute approximate surface area is 76.6 Å². The van der Waals surface area contributed by atoms with E-state index in [0.29, 0.717) is 0 Å². The van der Waals surface area contributed by atoms with E-state index in [0.717, 1.165) is 17.9 Å². The second-order valence-corrected chi connectivity index (χ2v) is 4.34. The topological polar surface area (TPSA) is 9.23 Å². The molecule has 1 nitrogen and oxygen atoms in total. The van der Waals surface area contributed by atoms with Gasteiger partial charge >= 0.3 is 0 Å². The summed E-state index contributed by atoms with van der Waals surface area (Å²) in [4.78, 5) is 0. The molecule has 1 atom stereocenters. The predicted molar refractivity (Wildman–Crippen MR) is 49.1 cm³/mol. The third kappa shape index (κ3) is 1.25. The van der Waals surface area contributed by atoms with Crippen molar-refractivity contribution in [1.82, 2.24) is 0 Å². The minimum Gasteiger partial charge on any atom is -0.374 e. The highest BCUT2D eigenvalue weighted by Crippen LogP contribution is 2.44. The molecule has 11 heavy (non-hydrogen) atoms. The van der Waals surface area contributed by atoms with Crippen LogP contribution in [0.3, 0.4) is 0 Å². The summed E-state index contributed by atoms with van der Waals surface area (Å²) in [5.41, 5.74) is 0.248. The van der Waals surface area contributed by atoms with E-state index in [-0.39, 0.29) is 5.60 Å². The van der Waals surface area contributed by atoms with E-state index in [2.05, 4.69) is 15.9 Å². The Hall–Kier alpha value is 0.440. The van der Waals surface area contributed by atoms with Crippen LogP contribution in [0.25, 0.3) is 0 Å². The summed E-state index contributed by atoms with van der Waals surface area (Å²) in [7, 11) is 0. The molecule has 2 heteroatoms. The van der Waals surface area contributed by atoms with Crippen LogP contribution in [0.4, 0.5) is 0 Å². The smallest absolute Gasteiger partial charge is 0.0807 e. The second kappa shape index (κ2) is 3.06. The third-order valence-electron chi connectivity index (χ3n) is 3.21. The highest BCUT2D eigenvalue weighted by molar-refractivity contribution is 9.09. The van der Waals surface area contributed by atoms with Gasteiger partial charge in [-0.2, -0.15) is 0 Å². The predicted octanol–water partition coefficient (Wildman–Crippen LogP) is 2.73. The summed E-state index contributed by atoms with van der Waals surface area (Å²) >= 11 is 3.58. The van der Waals surface area contributed by atoms with Crippen molar-refractivity contribution in [1.29, 1.82) is 0 Å². The first kappa shape index (κ1) is 8.06. The van der Waals surface area contributed by atoms with Gasteiger partial charge in [0.15, 0.2) is 0 Å². The van der Waals surface area contributed by atoms with Crippen molar-refractivity contribution in [2.45, 2.75) is 37.7 Å². The summed E-state index contributed by atoms with van der Waals surface area (Å²) < 4.78 is 5.85. The Morgan fingerprint density at radius 3 is 2.55 bits per heavy atom. The second-order valence-electron chi connectivity index (χ2n) is 3.78. The largest absolute Gasteiger partial charge is 0.374 e. The Morgan fingerprint density at radius 1 is 1.36 bits per heavy atom. The highest BCUT2D eigenvalue weighted by atomic mass is 79.9. The van der Waals surface area contributed by atoms with Crippen LogP contribution in [-0.2, 0) is 4.74 Å². The monoisotopic (exact) mass is 218 g/mol. The molecule has 1 aliphatic heterocycles. The van der Waals surface area contributed by atoms with Gasteiger partial charge in [0, 0.05) is 11.9 Å². The van der Waals surface area contributed by atoms with Crippen molar-refractivity contribution >= 4 is 15.9 Å². The van der Waals surface area contributed by atoms with E-state index in [4.69, 9.17) is 4.74 Å². The highest BCUT2D eigenvalue weighted by Gasteiger charge is 2.44. The molecule has 0 radical (unpaired) electrons. The summed E-state index contributed by atoms with van der Waals surface area (Å²) in [6.07, 6.45) is 6.75. The van der Waals surface area contributed by atoms with Crippen LogP contribution in [0, 0.1) is 5.92 Å². The maximum atomic E-state index is 5.85. The van der Waals surface area contributed by atoms with Gasteiger partial charge in [0.05, 0.1) is 5.60 Å². The minimum atomic E-state index is 0.248. The SMILES string of the molecule is BrCC1(C2CCC2)CCCO1. The van der Waals surface area contributed by atoms with Crippen LogP contribution >= 0.6 is 15.9 Å². The number of hydrogen-bond acceptors (Lipinski definition) is 1. The van der Waals surface area contributed by atoms with Crippen LogP contribution < -0.4 is 0 Å². The zero-order valence-electron chi connectivity index (χ0n) is 6.81.